The molecule has 3 rings (SSSR count). The minimum absolute atomic E-state index is 0.798. The van der Waals surface area contributed by atoms with Gasteiger partial charge in [0, 0.05) is 36.8 Å². The van der Waals surface area contributed by atoms with Crippen molar-refractivity contribution in [2.45, 2.75) is 46.1 Å². The lowest BCUT2D eigenvalue weighted by atomic mass is 9.96. The number of piperidine rings is 1. The summed E-state index contributed by atoms with van der Waals surface area (Å²) in [6.45, 7) is 9.97. The number of hydrogen-bond donors (Lipinski definition) is 1. The number of aromatic nitrogens is 2. The summed E-state index contributed by atoms with van der Waals surface area (Å²) in [5.74, 6) is 1.90. The average Bonchev–Trinajstić information content (AvgIpc) is 3.02. The fourth-order valence-electron chi connectivity index (χ4n) is 3.98. The van der Waals surface area contributed by atoms with E-state index in [2.05, 4.69) is 47.8 Å². The van der Waals surface area contributed by atoms with Gasteiger partial charge in [-0.1, -0.05) is 30.7 Å². The molecule has 0 unspecified atom stereocenters. The quantitative estimate of drug-likeness (QED) is 0.731. The molecule has 0 aliphatic carbocycles. The second-order valence-corrected chi connectivity index (χ2v) is 8.40. The Morgan fingerprint density at radius 2 is 1.93 bits per heavy atom. The molecule has 0 bridgehead atoms. The third-order valence-corrected chi connectivity index (χ3v) is 5.95. The molecule has 1 fully saturated rings. The van der Waals surface area contributed by atoms with E-state index in [4.69, 9.17) is 16.6 Å². The molecular weight excluding hydrogens is 356 g/mol. The molecule has 2 heterocycles. The Morgan fingerprint density at radius 3 is 2.56 bits per heavy atom. The fourth-order valence-corrected chi connectivity index (χ4v) is 4.10. The second kappa shape index (κ2) is 9.72. The number of benzene rings is 1. The normalized spacial score (nSPS) is 16.3. The van der Waals surface area contributed by atoms with Gasteiger partial charge in [-0.15, -0.1) is 0 Å². The van der Waals surface area contributed by atoms with Crippen LogP contribution in [0.5, 0.6) is 0 Å². The van der Waals surface area contributed by atoms with Crippen molar-refractivity contribution >= 4 is 11.6 Å². The van der Waals surface area contributed by atoms with E-state index >= 15 is 0 Å². The van der Waals surface area contributed by atoms with Gasteiger partial charge in [0.25, 0.3) is 0 Å². The van der Waals surface area contributed by atoms with E-state index < -0.39 is 0 Å². The molecule has 148 valence electrons. The van der Waals surface area contributed by atoms with Crippen molar-refractivity contribution in [1.82, 2.24) is 19.8 Å². The molecular formula is C22H33ClN4. The van der Waals surface area contributed by atoms with Crippen LogP contribution in [0.25, 0.3) is 0 Å². The predicted octanol–water partition coefficient (Wildman–Crippen LogP) is 4.32. The zero-order valence-electron chi connectivity index (χ0n) is 17.0. The van der Waals surface area contributed by atoms with Crippen LogP contribution in [0.15, 0.2) is 24.3 Å². The first-order chi connectivity index (χ1) is 13.0. The lowest BCUT2D eigenvalue weighted by Crippen LogP contribution is -2.38. The second-order valence-electron chi connectivity index (χ2n) is 7.97. The summed E-state index contributed by atoms with van der Waals surface area (Å²) >= 11 is 5.97. The number of H-pyrrole nitrogens is 1. The van der Waals surface area contributed by atoms with E-state index in [1.165, 1.54) is 49.4 Å². The Labute approximate surface area is 168 Å². The molecule has 1 aliphatic rings. The monoisotopic (exact) mass is 388 g/mol. The molecule has 1 aromatic heterocycles. The topological polar surface area (TPSA) is 35.2 Å². The highest BCUT2D eigenvalue weighted by atomic mass is 35.5. The Balaban J connectivity index is 1.38. The largest absolute Gasteiger partial charge is 0.346 e. The van der Waals surface area contributed by atoms with E-state index in [0.717, 1.165) is 42.7 Å². The van der Waals surface area contributed by atoms with E-state index in [9.17, 15) is 0 Å². The summed E-state index contributed by atoms with van der Waals surface area (Å²) in [7, 11) is 2.23. The average molecular weight is 389 g/mol. The first kappa shape index (κ1) is 20.4. The van der Waals surface area contributed by atoms with E-state index in [1.807, 2.05) is 12.1 Å². The first-order valence-electron chi connectivity index (χ1n) is 10.2. The Kier molecular flexibility index (Phi) is 7.33. The number of rotatable bonds is 8. The molecule has 0 radical (unpaired) electrons. The van der Waals surface area contributed by atoms with Crippen LogP contribution in [-0.4, -0.2) is 53.0 Å². The molecule has 5 heteroatoms. The molecule has 4 nitrogen and oxygen atoms in total. The number of imidazole rings is 1. The van der Waals surface area contributed by atoms with E-state index in [-0.39, 0.29) is 0 Å². The number of aromatic amines is 1. The molecule has 1 N–H and O–H groups in total. The summed E-state index contributed by atoms with van der Waals surface area (Å²) in [6.07, 6.45) is 4.68. The third-order valence-electron chi connectivity index (χ3n) is 5.70. The lowest BCUT2D eigenvalue weighted by Gasteiger charge is -2.33. The van der Waals surface area contributed by atoms with Gasteiger partial charge in [-0.25, -0.2) is 4.98 Å². The van der Waals surface area contributed by atoms with Crippen LogP contribution in [0.3, 0.4) is 0 Å². The fraction of sp³-hybridized carbons (Fsp3) is 0.591. The number of aryl methyl sites for hydroxylation is 2. The van der Waals surface area contributed by atoms with Crippen molar-refractivity contribution in [2.24, 2.45) is 5.92 Å². The first-order valence-corrected chi connectivity index (χ1v) is 10.6. The minimum atomic E-state index is 0.798. The van der Waals surface area contributed by atoms with Gasteiger partial charge in [0.1, 0.15) is 5.82 Å². The highest BCUT2D eigenvalue weighted by Gasteiger charge is 2.21. The lowest BCUT2D eigenvalue weighted by molar-refractivity contribution is 0.153. The standard InChI is InChI=1S/C22H33ClN4/c1-4-22-24-17(2)21(25-22)16-26(3)15-19-10-13-27(14-11-19)12-9-18-5-7-20(23)8-6-18/h5-8,19H,4,9-16H2,1-3H3,(H,24,25). The number of hydrogen-bond acceptors (Lipinski definition) is 3. The molecule has 0 amide bonds. The van der Waals surface area contributed by atoms with Gasteiger partial charge < -0.3 is 14.8 Å². The zero-order valence-corrected chi connectivity index (χ0v) is 17.7. The van der Waals surface area contributed by atoms with Crippen LogP contribution in [0.4, 0.5) is 0 Å². The maximum Gasteiger partial charge on any atom is 0.106 e. The van der Waals surface area contributed by atoms with Crippen molar-refractivity contribution < 1.29 is 0 Å². The molecule has 1 aromatic carbocycles. The zero-order chi connectivity index (χ0) is 19.2. The molecule has 0 atom stereocenters. The number of likely N-dealkylation sites (tertiary alicyclic amines) is 1. The third kappa shape index (κ3) is 6.06. The van der Waals surface area contributed by atoms with Gasteiger partial charge in [-0.3, -0.25) is 0 Å². The van der Waals surface area contributed by atoms with Crippen molar-refractivity contribution in [3.05, 3.63) is 52.1 Å². The molecule has 0 saturated carbocycles. The molecule has 0 spiro atoms. The summed E-state index contributed by atoms with van der Waals surface area (Å²) < 4.78 is 0. The minimum Gasteiger partial charge on any atom is -0.346 e. The maximum atomic E-state index is 5.97. The highest BCUT2D eigenvalue weighted by Crippen LogP contribution is 2.20. The van der Waals surface area contributed by atoms with E-state index in [0.29, 0.717) is 0 Å². The van der Waals surface area contributed by atoms with Crippen molar-refractivity contribution in [3.63, 3.8) is 0 Å². The Bertz CT molecular complexity index is 702. The molecule has 27 heavy (non-hydrogen) atoms. The molecule has 1 aliphatic heterocycles. The van der Waals surface area contributed by atoms with Gasteiger partial charge >= 0.3 is 0 Å². The summed E-state index contributed by atoms with van der Waals surface area (Å²) in [5.41, 5.74) is 3.80. The Hall–Kier alpha value is -1.36. The highest BCUT2D eigenvalue weighted by molar-refractivity contribution is 6.30. The summed E-state index contributed by atoms with van der Waals surface area (Å²) in [4.78, 5) is 13.2. The van der Waals surface area contributed by atoms with Crippen LogP contribution >= 0.6 is 11.6 Å². The summed E-state index contributed by atoms with van der Waals surface area (Å²) in [6, 6.07) is 8.27. The van der Waals surface area contributed by atoms with Crippen LogP contribution < -0.4 is 0 Å². The van der Waals surface area contributed by atoms with Crippen molar-refractivity contribution in [3.8, 4) is 0 Å². The number of nitrogens with one attached hydrogen (secondary N) is 1. The van der Waals surface area contributed by atoms with Crippen LogP contribution in [0, 0.1) is 12.8 Å². The number of halogens is 1. The van der Waals surface area contributed by atoms with Crippen molar-refractivity contribution in [2.75, 3.05) is 33.2 Å². The van der Waals surface area contributed by atoms with Gasteiger partial charge in [0.15, 0.2) is 0 Å². The van der Waals surface area contributed by atoms with Gasteiger partial charge in [-0.05, 0) is 69.9 Å². The molecule has 1 saturated heterocycles. The van der Waals surface area contributed by atoms with Crippen LogP contribution in [0.2, 0.25) is 5.02 Å². The van der Waals surface area contributed by atoms with E-state index in [1.54, 1.807) is 0 Å². The van der Waals surface area contributed by atoms with Crippen molar-refractivity contribution in [1.29, 1.82) is 0 Å². The van der Waals surface area contributed by atoms with Gasteiger partial charge in [0.05, 0.1) is 5.69 Å². The summed E-state index contributed by atoms with van der Waals surface area (Å²) in [5, 5.41) is 0.819. The van der Waals surface area contributed by atoms with Crippen LogP contribution in [-0.2, 0) is 19.4 Å². The Morgan fingerprint density at radius 1 is 1.22 bits per heavy atom. The SMILES string of the molecule is CCc1nc(CN(C)CC2CCN(CCc3ccc(Cl)cc3)CC2)c(C)[nH]1. The molecule has 2 aromatic rings. The smallest absolute Gasteiger partial charge is 0.106 e. The van der Waals surface area contributed by atoms with Gasteiger partial charge in [0.2, 0.25) is 0 Å². The van der Waals surface area contributed by atoms with Gasteiger partial charge in [-0.2, -0.15) is 0 Å². The number of nitrogens with zero attached hydrogens (tertiary/aromatic N) is 3. The predicted molar refractivity (Wildman–Crippen MR) is 113 cm³/mol. The van der Waals surface area contributed by atoms with Crippen LogP contribution in [0.1, 0.15) is 42.5 Å². The maximum absolute atomic E-state index is 5.97.